The summed E-state index contributed by atoms with van der Waals surface area (Å²) in [5, 5.41) is 0. The first-order chi connectivity index (χ1) is 7.41. The van der Waals surface area contributed by atoms with Crippen molar-refractivity contribution in [1.82, 2.24) is 0 Å². The van der Waals surface area contributed by atoms with Gasteiger partial charge in [0.15, 0.2) is 0 Å². The van der Waals surface area contributed by atoms with Crippen molar-refractivity contribution in [3.63, 3.8) is 0 Å². The van der Waals surface area contributed by atoms with Gasteiger partial charge in [0.1, 0.15) is 0 Å². The third-order valence-electron chi connectivity index (χ3n) is 2.62. The third-order valence-corrected chi connectivity index (χ3v) is 2.62. The smallest absolute Gasteiger partial charge is 0.0348 e. The van der Waals surface area contributed by atoms with Gasteiger partial charge in [-0.15, -0.1) is 0 Å². The molecule has 0 fully saturated rings. The van der Waals surface area contributed by atoms with Crippen LogP contribution in [-0.4, -0.2) is 0 Å². The molecular weight excluding hydrogens is 180 g/mol. The molecule has 0 amide bonds. The zero-order valence-corrected chi connectivity index (χ0v) is 10.6. The van der Waals surface area contributed by atoms with Gasteiger partial charge < -0.3 is 0 Å². The number of unbranched alkanes of at least 4 members (excludes halogenated alkanes) is 8. The maximum Gasteiger partial charge on any atom is -0.0348 e. The summed E-state index contributed by atoms with van der Waals surface area (Å²) >= 11 is 0. The number of allylic oxidation sites excluding steroid dienone is 4. The fourth-order valence-electron chi connectivity index (χ4n) is 1.66. The van der Waals surface area contributed by atoms with Crippen molar-refractivity contribution in [2.24, 2.45) is 0 Å². The Bertz CT molecular complexity index is 153. The van der Waals surface area contributed by atoms with Crippen molar-refractivity contribution in [3.05, 3.63) is 24.3 Å². The zero-order chi connectivity index (χ0) is 11.2. The van der Waals surface area contributed by atoms with E-state index in [9.17, 15) is 0 Å². The molecule has 0 spiro atoms. The van der Waals surface area contributed by atoms with E-state index >= 15 is 0 Å². The van der Waals surface area contributed by atoms with Gasteiger partial charge in [0.2, 0.25) is 0 Å². The highest BCUT2D eigenvalue weighted by atomic mass is 14.0. The Morgan fingerprint density at radius 2 is 1.47 bits per heavy atom. The first kappa shape index (κ1) is 14.5. The van der Waals surface area contributed by atoms with Crippen LogP contribution in [0.25, 0.3) is 0 Å². The van der Waals surface area contributed by atoms with Gasteiger partial charge >= 0.3 is 0 Å². The Hall–Kier alpha value is -0.520. The summed E-state index contributed by atoms with van der Waals surface area (Å²) in [5.41, 5.74) is 0. The van der Waals surface area contributed by atoms with Gasteiger partial charge in [0.25, 0.3) is 0 Å². The van der Waals surface area contributed by atoms with Crippen molar-refractivity contribution < 1.29 is 0 Å². The minimum absolute atomic E-state index is 1.23. The Morgan fingerprint density at radius 3 is 2.07 bits per heavy atom. The molecule has 0 aliphatic rings. The summed E-state index contributed by atoms with van der Waals surface area (Å²) in [6, 6.07) is 0. The molecule has 0 aliphatic carbocycles. The quantitative estimate of drug-likeness (QED) is 0.330. The molecule has 0 N–H and O–H groups in total. The van der Waals surface area contributed by atoms with Crippen LogP contribution in [-0.2, 0) is 0 Å². The van der Waals surface area contributed by atoms with Crippen LogP contribution in [0, 0.1) is 6.08 Å². The lowest BCUT2D eigenvalue weighted by atomic mass is 10.1. The molecule has 15 heavy (non-hydrogen) atoms. The molecular formula is C15H27. The molecule has 0 aliphatic heterocycles. The molecule has 0 heteroatoms. The van der Waals surface area contributed by atoms with Gasteiger partial charge in [-0.25, -0.2) is 0 Å². The minimum Gasteiger partial charge on any atom is -0.0845 e. The Kier molecular flexibility index (Phi) is 13.0. The molecule has 0 atom stereocenters. The molecule has 0 aromatic heterocycles. The maximum absolute atomic E-state index is 2.99. The monoisotopic (exact) mass is 207 g/mol. The molecule has 0 heterocycles. The van der Waals surface area contributed by atoms with E-state index in [1.165, 1.54) is 57.8 Å². The number of rotatable bonds is 10. The van der Waals surface area contributed by atoms with Crippen LogP contribution in [0.4, 0.5) is 0 Å². The summed E-state index contributed by atoms with van der Waals surface area (Å²) in [5.74, 6) is 0. The Balaban J connectivity index is 2.98. The number of hydrogen-bond acceptors (Lipinski definition) is 0. The fourth-order valence-corrected chi connectivity index (χ4v) is 1.66. The van der Waals surface area contributed by atoms with E-state index in [2.05, 4.69) is 25.2 Å². The van der Waals surface area contributed by atoms with Gasteiger partial charge in [-0.05, 0) is 25.8 Å². The molecule has 1 radical (unpaired) electrons. The SMILES string of the molecule is C/[C]=C/C=CCCCCCCCCCC. The minimum atomic E-state index is 1.23. The average Bonchev–Trinajstić information content (AvgIpc) is 2.26. The van der Waals surface area contributed by atoms with Gasteiger partial charge in [-0.1, -0.05) is 70.1 Å². The second-order valence-corrected chi connectivity index (χ2v) is 4.15. The second kappa shape index (κ2) is 13.5. The van der Waals surface area contributed by atoms with Gasteiger partial charge in [0, 0.05) is 0 Å². The van der Waals surface area contributed by atoms with E-state index in [1.54, 1.807) is 0 Å². The third kappa shape index (κ3) is 13.5. The summed E-state index contributed by atoms with van der Waals surface area (Å²) < 4.78 is 0. The van der Waals surface area contributed by atoms with E-state index < -0.39 is 0 Å². The summed E-state index contributed by atoms with van der Waals surface area (Å²) in [4.78, 5) is 0. The van der Waals surface area contributed by atoms with E-state index in [4.69, 9.17) is 0 Å². The predicted octanol–water partition coefficient (Wildman–Crippen LogP) is 5.45. The van der Waals surface area contributed by atoms with Crippen LogP contribution in [0.5, 0.6) is 0 Å². The van der Waals surface area contributed by atoms with E-state index in [0.29, 0.717) is 0 Å². The van der Waals surface area contributed by atoms with Crippen molar-refractivity contribution in [2.75, 3.05) is 0 Å². The van der Waals surface area contributed by atoms with Crippen LogP contribution in [0.1, 0.15) is 71.6 Å². The lowest BCUT2D eigenvalue weighted by Gasteiger charge is -1.99. The fraction of sp³-hybridized carbons (Fsp3) is 0.733. The average molecular weight is 207 g/mol. The lowest BCUT2D eigenvalue weighted by Crippen LogP contribution is -1.79. The highest BCUT2D eigenvalue weighted by Gasteiger charge is 1.89. The lowest BCUT2D eigenvalue weighted by molar-refractivity contribution is 0.577. The molecule has 0 bridgehead atoms. The molecule has 87 valence electrons. The largest absolute Gasteiger partial charge is 0.0845 e. The summed E-state index contributed by atoms with van der Waals surface area (Å²) in [6.07, 6.45) is 21.8. The predicted molar refractivity (Wildman–Crippen MR) is 69.9 cm³/mol. The van der Waals surface area contributed by atoms with Crippen molar-refractivity contribution in [3.8, 4) is 0 Å². The molecule has 0 saturated heterocycles. The topological polar surface area (TPSA) is 0 Å². The van der Waals surface area contributed by atoms with E-state index in [-0.39, 0.29) is 0 Å². The maximum atomic E-state index is 2.99. The van der Waals surface area contributed by atoms with Crippen LogP contribution >= 0.6 is 0 Å². The second-order valence-electron chi connectivity index (χ2n) is 4.15. The van der Waals surface area contributed by atoms with Crippen LogP contribution in [0.15, 0.2) is 18.2 Å². The van der Waals surface area contributed by atoms with Gasteiger partial charge in [0.05, 0.1) is 0 Å². The van der Waals surface area contributed by atoms with Crippen molar-refractivity contribution in [2.45, 2.75) is 71.6 Å². The van der Waals surface area contributed by atoms with Gasteiger partial charge in [-0.3, -0.25) is 0 Å². The molecule has 0 unspecified atom stereocenters. The first-order valence-electron chi connectivity index (χ1n) is 6.57. The van der Waals surface area contributed by atoms with E-state index in [0.717, 1.165) is 0 Å². The Labute approximate surface area is 96.5 Å². The van der Waals surface area contributed by atoms with Crippen LogP contribution in [0.3, 0.4) is 0 Å². The first-order valence-corrected chi connectivity index (χ1v) is 6.57. The van der Waals surface area contributed by atoms with Crippen molar-refractivity contribution in [1.29, 1.82) is 0 Å². The van der Waals surface area contributed by atoms with Gasteiger partial charge in [-0.2, -0.15) is 0 Å². The van der Waals surface area contributed by atoms with Crippen LogP contribution in [0.2, 0.25) is 0 Å². The van der Waals surface area contributed by atoms with E-state index in [1.807, 2.05) is 13.0 Å². The molecule has 0 saturated carbocycles. The molecule has 0 aromatic rings. The summed E-state index contributed by atoms with van der Waals surface area (Å²) in [6.45, 7) is 4.20. The standard InChI is InChI=1S/C15H27/c1-3-5-7-9-11-13-15-14-12-10-8-6-4-2/h6,8,10H,3,5,7,9,11-15H2,1-2H3. The zero-order valence-electron chi connectivity index (χ0n) is 10.6. The normalized spacial score (nSPS) is 11.9. The number of hydrogen-bond donors (Lipinski definition) is 0. The van der Waals surface area contributed by atoms with Crippen LogP contribution < -0.4 is 0 Å². The Morgan fingerprint density at radius 1 is 0.867 bits per heavy atom. The highest BCUT2D eigenvalue weighted by Crippen LogP contribution is 2.09. The summed E-state index contributed by atoms with van der Waals surface area (Å²) in [7, 11) is 0. The highest BCUT2D eigenvalue weighted by molar-refractivity contribution is 4.97. The molecule has 0 aromatic carbocycles. The van der Waals surface area contributed by atoms with Crippen molar-refractivity contribution >= 4 is 0 Å². The molecule has 0 rings (SSSR count). The molecule has 0 nitrogen and oxygen atoms in total.